The fourth-order valence-electron chi connectivity index (χ4n) is 4.20. The van der Waals surface area contributed by atoms with E-state index in [0.29, 0.717) is 29.2 Å². The first kappa shape index (κ1) is 20.1. The van der Waals surface area contributed by atoms with Crippen molar-refractivity contribution in [3.63, 3.8) is 0 Å². The second-order valence-electron chi connectivity index (χ2n) is 7.62. The minimum Gasteiger partial charge on any atom is -0.490 e. The van der Waals surface area contributed by atoms with Crippen LogP contribution in [-0.4, -0.2) is 30.7 Å². The molecule has 0 bridgehead atoms. The SMILES string of the molecule is CC1=C(C(=O)OCCOc2ccccc2)[C@@H](c2ccc(C)o2)C2C(=O)CCCC2=N1. The zero-order valence-corrected chi connectivity index (χ0v) is 17.2. The van der Waals surface area contributed by atoms with Crippen LogP contribution in [0.2, 0.25) is 0 Å². The van der Waals surface area contributed by atoms with E-state index in [9.17, 15) is 9.59 Å². The Kier molecular flexibility index (Phi) is 5.84. The number of ether oxygens (including phenoxy) is 2. The van der Waals surface area contributed by atoms with Gasteiger partial charge in [-0.25, -0.2) is 4.79 Å². The molecule has 1 unspecified atom stereocenters. The van der Waals surface area contributed by atoms with Crippen molar-refractivity contribution < 1.29 is 23.5 Å². The molecule has 6 heteroatoms. The van der Waals surface area contributed by atoms with Crippen molar-refractivity contribution in [2.45, 2.75) is 39.0 Å². The summed E-state index contributed by atoms with van der Waals surface area (Å²) < 4.78 is 17.0. The lowest BCUT2D eigenvalue weighted by molar-refractivity contribution is -0.140. The van der Waals surface area contributed by atoms with Crippen LogP contribution < -0.4 is 4.74 Å². The summed E-state index contributed by atoms with van der Waals surface area (Å²) in [5.41, 5.74) is 1.82. The van der Waals surface area contributed by atoms with Crippen molar-refractivity contribution in [1.29, 1.82) is 0 Å². The number of esters is 1. The zero-order chi connectivity index (χ0) is 21.1. The average molecular weight is 407 g/mol. The maximum absolute atomic E-state index is 13.0. The van der Waals surface area contributed by atoms with Gasteiger partial charge in [0.25, 0.3) is 0 Å². The molecular weight excluding hydrogens is 382 g/mol. The van der Waals surface area contributed by atoms with Gasteiger partial charge in [0.15, 0.2) is 0 Å². The summed E-state index contributed by atoms with van der Waals surface area (Å²) in [6.45, 7) is 3.98. The Morgan fingerprint density at radius 2 is 1.87 bits per heavy atom. The predicted octanol–water partition coefficient (Wildman–Crippen LogP) is 4.39. The zero-order valence-electron chi connectivity index (χ0n) is 17.2. The second-order valence-corrected chi connectivity index (χ2v) is 7.62. The number of hydrogen-bond donors (Lipinski definition) is 0. The van der Waals surface area contributed by atoms with Crippen molar-refractivity contribution in [3.8, 4) is 5.75 Å². The topological polar surface area (TPSA) is 78.1 Å². The smallest absolute Gasteiger partial charge is 0.336 e. The Labute approximate surface area is 175 Å². The summed E-state index contributed by atoms with van der Waals surface area (Å²) in [6.07, 6.45) is 2.05. The summed E-state index contributed by atoms with van der Waals surface area (Å²) in [5.74, 6) is 0.713. The third-order valence-corrected chi connectivity index (χ3v) is 5.52. The molecule has 2 aliphatic rings. The van der Waals surface area contributed by atoms with E-state index in [2.05, 4.69) is 4.99 Å². The molecule has 156 valence electrons. The first-order chi connectivity index (χ1) is 14.5. The van der Waals surface area contributed by atoms with Crippen molar-refractivity contribution in [1.82, 2.24) is 0 Å². The van der Waals surface area contributed by atoms with Gasteiger partial charge >= 0.3 is 5.97 Å². The molecular formula is C24H25NO5. The van der Waals surface area contributed by atoms with E-state index in [1.54, 1.807) is 6.92 Å². The number of aryl methyl sites for hydroxylation is 1. The highest BCUT2D eigenvalue weighted by atomic mass is 16.6. The van der Waals surface area contributed by atoms with Gasteiger partial charge in [-0.3, -0.25) is 9.79 Å². The molecule has 0 N–H and O–H groups in total. The summed E-state index contributed by atoms with van der Waals surface area (Å²) in [7, 11) is 0. The molecule has 1 aromatic carbocycles. The van der Waals surface area contributed by atoms with Gasteiger partial charge in [-0.15, -0.1) is 0 Å². The number of carbonyl (C=O) groups is 2. The minimum atomic E-state index is -0.499. The summed E-state index contributed by atoms with van der Waals surface area (Å²) in [5, 5.41) is 0. The molecule has 1 saturated carbocycles. The van der Waals surface area contributed by atoms with E-state index >= 15 is 0 Å². The molecule has 30 heavy (non-hydrogen) atoms. The molecule has 1 aliphatic carbocycles. The summed E-state index contributed by atoms with van der Waals surface area (Å²) in [4.78, 5) is 30.4. The van der Waals surface area contributed by atoms with Gasteiger partial charge < -0.3 is 13.9 Å². The Hall–Kier alpha value is -3.15. The van der Waals surface area contributed by atoms with E-state index in [1.807, 2.05) is 49.4 Å². The number of hydrogen-bond acceptors (Lipinski definition) is 6. The fourth-order valence-corrected chi connectivity index (χ4v) is 4.20. The van der Waals surface area contributed by atoms with Crippen LogP contribution in [0.15, 0.2) is 63.1 Å². The van der Waals surface area contributed by atoms with E-state index < -0.39 is 17.8 Å². The lowest BCUT2D eigenvalue weighted by atomic mass is 9.71. The number of fused-ring (bicyclic) bond motifs is 1. The maximum atomic E-state index is 13.0. The van der Waals surface area contributed by atoms with E-state index in [4.69, 9.17) is 13.9 Å². The molecule has 1 aromatic heterocycles. The van der Waals surface area contributed by atoms with Gasteiger partial charge in [0.1, 0.15) is 36.3 Å². The molecule has 1 aliphatic heterocycles. The number of para-hydroxylation sites is 1. The molecule has 2 atom stereocenters. The third kappa shape index (κ3) is 4.08. The van der Waals surface area contributed by atoms with Gasteiger partial charge in [0.05, 0.1) is 17.4 Å². The van der Waals surface area contributed by atoms with Gasteiger partial charge in [0.2, 0.25) is 0 Å². The largest absolute Gasteiger partial charge is 0.490 e. The van der Waals surface area contributed by atoms with Gasteiger partial charge in [0, 0.05) is 17.8 Å². The first-order valence-corrected chi connectivity index (χ1v) is 10.3. The Morgan fingerprint density at radius 1 is 1.07 bits per heavy atom. The molecule has 6 nitrogen and oxygen atoms in total. The summed E-state index contributed by atoms with van der Waals surface area (Å²) in [6, 6.07) is 13.0. The van der Waals surface area contributed by atoms with Gasteiger partial charge in [-0.2, -0.15) is 0 Å². The van der Waals surface area contributed by atoms with Crippen molar-refractivity contribution in [2.24, 2.45) is 10.9 Å². The highest BCUT2D eigenvalue weighted by Gasteiger charge is 2.45. The van der Waals surface area contributed by atoms with Gasteiger partial charge in [-0.05, 0) is 51.0 Å². The van der Waals surface area contributed by atoms with Crippen LogP contribution in [0.5, 0.6) is 5.75 Å². The highest BCUT2D eigenvalue weighted by Crippen LogP contribution is 2.43. The number of ketones is 1. The number of rotatable bonds is 6. The lowest BCUT2D eigenvalue weighted by Crippen LogP contribution is -2.39. The molecule has 0 amide bonds. The van der Waals surface area contributed by atoms with Crippen LogP contribution in [0.3, 0.4) is 0 Å². The monoisotopic (exact) mass is 407 g/mol. The van der Waals surface area contributed by atoms with Crippen LogP contribution in [0.1, 0.15) is 43.6 Å². The first-order valence-electron chi connectivity index (χ1n) is 10.3. The van der Waals surface area contributed by atoms with Crippen LogP contribution in [0.25, 0.3) is 0 Å². The fraction of sp³-hybridized carbons (Fsp3) is 0.375. The Morgan fingerprint density at radius 3 is 2.60 bits per heavy atom. The van der Waals surface area contributed by atoms with Crippen molar-refractivity contribution >= 4 is 17.5 Å². The highest BCUT2D eigenvalue weighted by molar-refractivity contribution is 6.11. The quantitative estimate of drug-likeness (QED) is 0.524. The normalized spacial score (nSPS) is 21.1. The van der Waals surface area contributed by atoms with Gasteiger partial charge in [-0.1, -0.05) is 18.2 Å². The minimum absolute atomic E-state index is 0.101. The Balaban J connectivity index is 1.54. The third-order valence-electron chi connectivity index (χ3n) is 5.52. The van der Waals surface area contributed by atoms with Crippen LogP contribution in [-0.2, 0) is 14.3 Å². The number of furan rings is 1. The van der Waals surface area contributed by atoms with Crippen LogP contribution >= 0.6 is 0 Å². The molecule has 0 spiro atoms. The number of carbonyl (C=O) groups excluding carboxylic acids is 2. The number of allylic oxidation sites excluding steroid dienone is 1. The number of nitrogens with zero attached hydrogens (tertiary/aromatic N) is 1. The second kappa shape index (κ2) is 8.69. The van der Waals surface area contributed by atoms with Crippen molar-refractivity contribution in [3.05, 3.63) is 65.3 Å². The van der Waals surface area contributed by atoms with E-state index in [-0.39, 0.29) is 19.0 Å². The lowest BCUT2D eigenvalue weighted by Gasteiger charge is -2.34. The molecule has 0 radical (unpaired) electrons. The standard InChI is InChI=1S/C24H25NO5/c1-15-11-12-20(30-15)23-21(16(2)25-18-9-6-10-19(26)22(18)23)24(27)29-14-13-28-17-7-4-3-5-8-17/h3-5,7-8,11-12,22-23H,6,9-10,13-14H2,1-2H3/t22?,23-/m1/s1. The molecule has 0 saturated heterocycles. The number of aliphatic imine (C=N–C) groups is 1. The van der Waals surface area contributed by atoms with E-state index in [0.717, 1.165) is 24.3 Å². The summed E-state index contributed by atoms with van der Waals surface area (Å²) >= 11 is 0. The van der Waals surface area contributed by atoms with Crippen LogP contribution in [0, 0.1) is 12.8 Å². The molecule has 4 rings (SSSR count). The van der Waals surface area contributed by atoms with Crippen LogP contribution in [0.4, 0.5) is 0 Å². The molecule has 1 fully saturated rings. The maximum Gasteiger partial charge on any atom is 0.336 e. The Bertz CT molecular complexity index is 1000. The number of benzene rings is 1. The predicted molar refractivity (Wildman–Crippen MR) is 112 cm³/mol. The molecule has 2 heterocycles. The average Bonchev–Trinajstić information content (AvgIpc) is 3.17. The van der Waals surface area contributed by atoms with E-state index in [1.165, 1.54) is 0 Å². The number of Topliss-reactive ketones (excluding diaryl/α,β-unsaturated/α-hetero) is 1. The molecule has 2 aromatic rings. The van der Waals surface area contributed by atoms with Crippen molar-refractivity contribution in [2.75, 3.05) is 13.2 Å².